The van der Waals surface area contributed by atoms with E-state index in [1.54, 1.807) is 6.20 Å². The minimum Gasteiger partial charge on any atom is -0.373 e. The molecule has 0 radical (unpaired) electrons. The predicted octanol–water partition coefficient (Wildman–Crippen LogP) is 2.77. The summed E-state index contributed by atoms with van der Waals surface area (Å²) in [7, 11) is 0. The number of rotatable bonds is 4. The first-order chi connectivity index (χ1) is 13.6. The van der Waals surface area contributed by atoms with Crippen molar-refractivity contribution in [3.8, 4) is 11.1 Å². The van der Waals surface area contributed by atoms with Crippen molar-refractivity contribution in [3.63, 3.8) is 0 Å². The van der Waals surface area contributed by atoms with Crippen LogP contribution in [0.1, 0.15) is 19.0 Å². The predicted molar refractivity (Wildman–Crippen MR) is 108 cm³/mol. The van der Waals surface area contributed by atoms with Gasteiger partial charge in [-0.25, -0.2) is 19.5 Å². The van der Waals surface area contributed by atoms with Gasteiger partial charge in [-0.1, -0.05) is 6.58 Å². The molecule has 1 aliphatic rings. The third-order valence-electron chi connectivity index (χ3n) is 5.30. The number of allylic oxidation sites excluding steroid dienone is 1. The Labute approximate surface area is 162 Å². The minimum absolute atomic E-state index is 0.330. The van der Waals surface area contributed by atoms with Crippen molar-refractivity contribution in [2.24, 2.45) is 0 Å². The second-order valence-corrected chi connectivity index (χ2v) is 7.33. The summed E-state index contributed by atoms with van der Waals surface area (Å²) in [4.78, 5) is 15.6. The summed E-state index contributed by atoms with van der Waals surface area (Å²) in [5.74, 6) is 1.34. The molecular formula is C20H22N8. The van der Waals surface area contributed by atoms with E-state index in [1.807, 2.05) is 47.6 Å². The molecule has 1 aliphatic heterocycles. The molecule has 0 spiro atoms. The minimum atomic E-state index is 0.330. The Morgan fingerprint density at radius 1 is 1.29 bits per heavy atom. The number of anilines is 1. The first-order valence-electron chi connectivity index (χ1n) is 9.40. The molecule has 0 unspecified atom stereocenters. The lowest BCUT2D eigenvalue weighted by molar-refractivity contribution is 0.425. The van der Waals surface area contributed by atoms with Crippen LogP contribution in [-0.2, 0) is 0 Å². The van der Waals surface area contributed by atoms with Gasteiger partial charge < -0.3 is 10.2 Å². The summed E-state index contributed by atoms with van der Waals surface area (Å²) in [5, 5.41) is 8.16. The van der Waals surface area contributed by atoms with Gasteiger partial charge in [-0.2, -0.15) is 0 Å². The molecule has 0 bridgehead atoms. The number of imidazole rings is 1. The average Bonchev–Trinajstić information content (AvgIpc) is 3.40. The molecule has 4 aromatic heterocycles. The Balaban J connectivity index is 1.47. The normalized spacial score (nSPS) is 16.9. The van der Waals surface area contributed by atoms with Gasteiger partial charge >= 0.3 is 0 Å². The smallest absolute Gasteiger partial charge is 0.241 e. The number of aryl methyl sites for hydroxylation is 1. The van der Waals surface area contributed by atoms with Gasteiger partial charge in [-0.3, -0.25) is 4.40 Å². The fourth-order valence-corrected chi connectivity index (χ4v) is 3.86. The maximum absolute atomic E-state index is 4.72. The molecule has 8 heteroatoms. The molecule has 0 aromatic carbocycles. The zero-order chi connectivity index (χ0) is 19.3. The molecular weight excluding hydrogens is 352 g/mol. The average molecular weight is 374 g/mol. The second-order valence-electron chi connectivity index (χ2n) is 7.33. The molecule has 5 heterocycles. The van der Waals surface area contributed by atoms with Crippen LogP contribution in [0.2, 0.25) is 0 Å². The van der Waals surface area contributed by atoms with Crippen LogP contribution in [-0.4, -0.2) is 53.0 Å². The number of nitrogens with one attached hydrogen (secondary N) is 1. The highest BCUT2D eigenvalue weighted by Crippen LogP contribution is 2.27. The zero-order valence-corrected chi connectivity index (χ0v) is 16.0. The number of hydrogen-bond acceptors (Lipinski definition) is 6. The number of likely N-dealkylation sites (tertiary alicyclic amines) is 1. The van der Waals surface area contributed by atoms with Crippen molar-refractivity contribution in [1.82, 2.24) is 33.9 Å². The lowest BCUT2D eigenvalue weighted by atomic mass is 10.1. The van der Waals surface area contributed by atoms with E-state index >= 15 is 0 Å². The molecule has 1 N–H and O–H groups in total. The molecule has 28 heavy (non-hydrogen) atoms. The molecule has 1 saturated heterocycles. The molecule has 0 amide bonds. The van der Waals surface area contributed by atoms with E-state index in [1.165, 1.54) is 0 Å². The maximum Gasteiger partial charge on any atom is 0.241 e. The lowest BCUT2D eigenvalue weighted by Gasteiger charge is -2.18. The third kappa shape index (κ3) is 2.77. The first kappa shape index (κ1) is 16.7. The van der Waals surface area contributed by atoms with Crippen LogP contribution in [0.4, 0.5) is 5.95 Å². The standard InChI is InChI=1S/C20H22N8/c1-13(2)26-7-4-16(12-26)24-19-23-14(3)18-17(5-8-28(18)25-19)15-10-22-20-21-6-9-27(20)11-15/h5-6,8-11,16H,1,4,7,12H2,2-3H3,(H,24,25)/t16-/m0/s1. The fourth-order valence-electron chi connectivity index (χ4n) is 3.86. The Morgan fingerprint density at radius 3 is 3.00 bits per heavy atom. The van der Waals surface area contributed by atoms with E-state index in [4.69, 9.17) is 4.98 Å². The summed E-state index contributed by atoms with van der Waals surface area (Å²) in [5.41, 5.74) is 5.09. The van der Waals surface area contributed by atoms with E-state index in [0.717, 1.165) is 47.5 Å². The highest BCUT2D eigenvalue weighted by Gasteiger charge is 2.23. The summed E-state index contributed by atoms with van der Waals surface area (Å²) in [6, 6.07) is 2.38. The van der Waals surface area contributed by atoms with Gasteiger partial charge in [0.2, 0.25) is 11.7 Å². The Bertz CT molecular complexity index is 1190. The Morgan fingerprint density at radius 2 is 2.18 bits per heavy atom. The van der Waals surface area contributed by atoms with Crippen molar-refractivity contribution in [2.45, 2.75) is 26.3 Å². The molecule has 8 nitrogen and oxygen atoms in total. The molecule has 0 aliphatic carbocycles. The summed E-state index contributed by atoms with van der Waals surface area (Å²) < 4.78 is 3.81. The van der Waals surface area contributed by atoms with Crippen molar-refractivity contribution >= 4 is 17.2 Å². The SMILES string of the molecule is C=C(C)N1CC[C@H](Nc2nc(C)c3c(-c4cnc5nccn5c4)ccn3n2)C1. The molecule has 1 fully saturated rings. The van der Waals surface area contributed by atoms with E-state index in [-0.39, 0.29) is 0 Å². The molecule has 5 rings (SSSR count). The third-order valence-corrected chi connectivity index (χ3v) is 5.30. The molecule has 142 valence electrons. The number of nitrogens with zero attached hydrogens (tertiary/aromatic N) is 7. The van der Waals surface area contributed by atoms with Crippen molar-refractivity contribution in [3.05, 3.63) is 55.0 Å². The Kier molecular flexibility index (Phi) is 3.78. The van der Waals surface area contributed by atoms with Crippen LogP contribution >= 0.6 is 0 Å². The monoisotopic (exact) mass is 374 g/mol. The maximum atomic E-state index is 4.72. The van der Waals surface area contributed by atoms with Crippen LogP contribution in [0.3, 0.4) is 0 Å². The van der Waals surface area contributed by atoms with Gasteiger partial charge in [-0.05, 0) is 26.3 Å². The number of fused-ring (bicyclic) bond motifs is 2. The largest absolute Gasteiger partial charge is 0.373 e. The van der Waals surface area contributed by atoms with E-state index < -0.39 is 0 Å². The van der Waals surface area contributed by atoms with E-state index in [2.05, 4.69) is 37.9 Å². The van der Waals surface area contributed by atoms with Gasteiger partial charge in [0.05, 0.1) is 11.2 Å². The molecule has 0 saturated carbocycles. The Hall–Kier alpha value is -3.42. The van der Waals surface area contributed by atoms with Crippen molar-refractivity contribution < 1.29 is 0 Å². The van der Waals surface area contributed by atoms with Crippen LogP contribution < -0.4 is 5.32 Å². The number of aromatic nitrogens is 6. The summed E-state index contributed by atoms with van der Waals surface area (Å²) in [6.07, 6.45) is 10.5. The van der Waals surface area contributed by atoms with Crippen LogP contribution in [0.25, 0.3) is 22.4 Å². The zero-order valence-electron chi connectivity index (χ0n) is 16.0. The highest BCUT2D eigenvalue weighted by atomic mass is 15.3. The van der Waals surface area contributed by atoms with E-state index in [9.17, 15) is 0 Å². The quantitative estimate of drug-likeness (QED) is 0.592. The van der Waals surface area contributed by atoms with Gasteiger partial charge in [0.25, 0.3) is 0 Å². The highest BCUT2D eigenvalue weighted by molar-refractivity contribution is 5.82. The van der Waals surface area contributed by atoms with Gasteiger partial charge in [0.1, 0.15) is 0 Å². The number of hydrogen-bond donors (Lipinski definition) is 1. The van der Waals surface area contributed by atoms with Crippen LogP contribution in [0, 0.1) is 6.92 Å². The fraction of sp³-hybridized carbons (Fsp3) is 0.300. The lowest BCUT2D eigenvalue weighted by Crippen LogP contribution is -2.26. The summed E-state index contributed by atoms with van der Waals surface area (Å²) >= 11 is 0. The molecule has 4 aromatic rings. The van der Waals surface area contributed by atoms with E-state index in [0.29, 0.717) is 17.8 Å². The van der Waals surface area contributed by atoms with Gasteiger partial charge in [-0.15, -0.1) is 5.10 Å². The van der Waals surface area contributed by atoms with Crippen LogP contribution in [0.15, 0.2) is 49.3 Å². The van der Waals surface area contributed by atoms with Gasteiger partial charge in [0.15, 0.2) is 0 Å². The van der Waals surface area contributed by atoms with Crippen molar-refractivity contribution in [1.29, 1.82) is 0 Å². The summed E-state index contributed by atoms with van der Waals surface area (Å²) in [6.45, 7) is 10.1. The van der Waals surface area contributed by atoms with Gasteiger partial charge in [0, 0.05) is 66.9 Å². The van der Waals surface area contributed by atoms with Crippen LogP contribution in [0.5, 0.6) is 0 Å². The van der Waals surface area contributed by atoms with Crippen molar-refractivity contribution in [2.75, 3.05) is 18.4 Å². The second kappa shape index (κ2) is 6.33. The topological polar surface area (TPSA) is 75.6 Å². The molecule has 1 atom stereocenters. The first-order valence-corrected chi connectivity index (χ1v) is 9.40.